The number of halogens is 4. The SMILES string of the molecule is FC(F)(F)c1cc(Br)ccc1CN1CCOCC1. The standard InChI is InChI=1S/C12H13BrF3NO/c13-10-2-1-9(11(7-10)12(14,15)16)8-17-3-5-18-6-4-17/h1-2,7H,3-6,8H2. The number of rotatable bonds is 2. The maximum absolute atomic E-state index is 12.9. The molecule has 1 saturated heterocycles. The molecule has 1 aromatic rings. The quantitative estimate of drug-likeness (QED) is 0.828. The minimum absolute atomic E-state index is 0.311. The summed E-state index contributed by atoms with van der Waals surface area (Å²) in [7, 11) is 0. The first-order valence-corrected chi connectivity index (χ1v) is 6.42. The maximum atomic E-state index is 12.9. The molecular formula is C12H13BrF3NO. The van der Waals surface area contributed by atoms with Crippen LogP contribution in [-0.2, 0) is 17.5 Å². The van der Waals surface area contributed by atoms with E-state index in [1.165, 1.54) is 6.07 Å². The lowest BCUT2D eigenvalue weighted by Crippen LogP contribution is -2.36. The number of benzene rings is 1. The largest absolute Gasteiger partial charge is 0.416 e. The van der Waals surface area contributed by atoms with Crippen LogP contribution in [-0.4, -0.2) is 31.2 Å². The average molecular weight is 324 g/mol. The highest BCUT2D eigenvalue weighted by molar-refractivity contribution is 9.10. The fourth-order valence-corrected chi connectivity index (χ4v) is 2.31. The van der Waals surface area contributed by atoms with Gasteiger partial charge in [0.05, 0.1) is 18.8 Å². The highest BCUT2D eigenvalue weighted by Gasteiger charge is 2.33. The van der Waals surface area contributed by atoms with Crippen molar-refractivity contribution in [3.05, 3.63) is 33.8 Å². The molecule has 18 heavy (non-hydrogen) atoms. The van der Waals surface area contributed by atoms with Gasteiger partial charge in [-0.05, 0) is 17.7 Å². The van der Waals surface area contributed by atoms with Gasteiger partial charge >= 0.3 is 6.18 Å². The van der Waals surface area contributed by atoms with Gasteiger partial charge < -0.3 is 4.74 Å². The van der Waals surface area contributed by atoms with Gasteiger partial charge in [0.1, 0.15) is 0 Å². The van der Waals surface area contributed by atoms with Crippen molar-refractivity contribution in [1.82, 2.24) is 4.90 Å². The summed E-state index contributed by atoms with van der Waals surface area (Å²) in [6.07, 6.45) is -4.31. The van der Waals surface area contributed by atoms with E-state index in [2.05, 4.69) is 15.9 Å². The molecule has 1 fully saturated rings. The van der Waals surface area contributed by atoms with Gasteiger partial charge in [0.2, 0.25) is 0 Å². The molecule has 1 aromatic carbocycles. The second-order valence-corrected chi connectivity index (χ2v) is 5.10. The molecule has 1 heterocycles. The van der Waals surface area contributed by atoms with Crippen molar-refractivity contribution in [3.63, 3.8) is 0 Å². The predicted octanol–water partition coefficient (Wildman–Crippen LogP) is 3.30. The molecule has 0 radical (unpaired) electrons. The topological polar surface area (TPSA) is 12.5 Å². The van der Waals surface area contributed by atoms with Gasteiger partial charge in [-0.15, -0.1) is 0 Å². The summed E-state index contributed by atoms with van der Waals surface area (Å²) in [5, 5.41) is 0. The average Bonchev–Trinajstić information content (AvgIpc) is 2.31. The number of hydrogen-bond donors (Lipinski definition) is 0. The van der Waals surface area contributed by atoms with E-state index in [1.54, 1.807) is 6.07 Å². The summed E-state index contributed by atoms with van der Waals surface area (Å²) in [6, 6.07) is 4.31. The Labute approximate surface area is 112 Å². The molecule has 0 amide bonds. The van der Waals surface area contributed by atoms with Gasteiger partial charge in [-0.1, -0.05) is 22.0 Å². The number of nitrogens with zero attached hydrogens (tertiary/aromatic N) is 1. The van der Waals surface area contributed by atoms with Crippen LogP contribution in [0, 0.1) is 0 Å². The van der Waals surface area contributed by atoms with E-state index < -0.39 is 11.7 Å². The van der Waals surface area contributed by atoms with Crippen LogP contribution in [0.5, 0.6) is 0 Å². The van der Waals surface area contributed by atoms with Crippen molar-refractivity contribution in [2.45, 2.75) is 12.7 Å². The zero-order valence-electron chi connectivity index (χ0n) is 9.63. The normalized spacial score (nSPS) is 18.0. The monoisotopic (exact) mass is 323 g/mol. The molecule has 2 rings (SSSR count). The predicted molar refractivity (Wildman–Crippen MR) is 65.2 cm³/mol. The highest BCUT2D eigenvalue weighted by atomic mass is 79.9. The van der Waals surface area contributed by atoms with E-state index in [0.29, 0.717) is 42.9 Å². The van der Waals surface area contributed by atoms with E-state index >= 15 is 0 Å². The number of ether oxygens (including phenoxy) is 1. The van der Waals surface area contributed by atoms with E-state index in [4.69, 9.17) is 4.74 Å². The highest BCUT2D eigenvalue weighted by Crippen LogP contribution is 2.34. The van der Waals surface area contributed by atoms with Crippen LogP contribution in [0.1, 0.15) is 11.1 Å². The summed E-state index contributed by atoms with van der Waals surface area (Å²) < 4.78 is 44.4. The van der Waals surface area contributed by atoms with Crippen molar-refractivity contribution in [1.29, 1.82) is 0 Å². The zero-order valence-corrected chi connectivity index (χ0v) is 11.2. The summed E-state index contributed by atoms with van der Waals surface area (Å²) >= 11 is 3.08. The molecule has 0 N–H and O–H groups in total. The molecule has 2 nitrogen and oxygen atoms in total. The van der Waals surface area contributed by atoms with E-state index in [-0.39, 0.29) is 0 Å². The first-order valence-electron chi connectivity index (χ1n) is 5.62. The molecule has 0 bridgehead atoms. The molecule has 6 heteroatoms. The Morgan fingerprint density at radius 2 is 1.89 bits per heavy atom. The summed E-state index contributed by atoms with van der Waals surface area (Å²) in [6.45, 7) is 2.82. The third-order valence-electron chi connectivity index (χ3n) is 2.87. The first kappa shape index (κ1) is 13.8. The fraction of sp³-hybridized carbons (Fsp3) is 0.500. The second-order valence-electron chi connectivity index (χ2n) is 4.19. The van der Waals surface area contributed by atoms with Gasteiger partial charge in [0, 0.05) is 24.1 Å². The fourth-order valence-electron chi connectivity index (χ4n) is 1.95. The maximum Gasteiger partial charge on any atom is 0.416 e. The Kier molecular flexibility index (Phi) is 4.29. The molecule has 1 aliphatic heterocycles. The third-order valence-corrected chi connectivity index (χ3v) is 3.37. The third kappa shape index (κ3) is 3.46. The number of hydrogen-bond acceptors (Lipinski definition) is 2. The van der Waals surface area contributed by atoms with Gasteiger partial charge in [-0.2, -0.15) is 13.2 Å². The van der Waals surface area contributed by atoms with Crippen LogP contribution in [0.15, 0.2) is 22.7 Å². The minimum atomic E-state index is -4.31. The molecule has 0 saturated carbocycles. The van der Waals surface area contributed by atoms with Gasteiger partial charge in [-0.3, -0.25) is 4.90 Å². The lowest BCUT2D eigenvalue weighted by Gasteiger charge is -2.27. The van der Waals surface area contributed by atoms with E-state index in [9.17, 15) is 13.2 Å². The van der Waals surface area contributed by atoms with Crippen molar-refractivity contribution < 1.29 is 17.9 Å². The molecule has 0 atom stereocenters. The minimum Gasteiger partial charge on any atom is -0.379 e. The molecule has 100 valence electrons. The van der Waals surface area contributed by atoms with E-state index in [1.807, 2.05) is 4.90 Å². The van der Waals surface area contributed by atoms with Crippen LogP contribution in [0.25, 0.3) is 0 Å². The molecule has 0 aromatic heterocycles. The molecule has 0 spiro atoms. The van der Waals surface area contributed by atoms with Gasteiger partial charge in [0.25, 0.3) is 0 Å². The molecular weight excluding hydrogens is 311 g/mol. The second kappa shape index (κ2) is 5.59. The summed E-state index contributed by atoms with van der Waals surface area (Å²) in [4.78, 5) is 1.97. The summed E-state index contributed by atoms with van der Waals surface area (Å²) in [5.41, 5.74) is -0.254. The van der Waals surface area contributed by atoms with Crippen LogP contribution in [0.2, 0.25) is 0 Å². The Hall–Kier alpha value is -0.590. The van der Waals surface area contributed by atoms with Crippen molar-refractivity contribution >= 4 is 15.9 Å². The summed E-state index contributed by atoms with van der Waals surface area (Å²) in [5.74, 6) is 0. The first-order chi connectivity index (χ1) is 8.47. The van der Waals surface area contributed by atoms with Gasteiger partial charge in [-0.25, -0.2) is 0 Å². The van der Waals surface area contributed by atoms with Crippen LogP contribution >= 0.6 is 15.9 Å². The van der Waals surface area contributed by atoms with Crippen molar-refractivity contribution in [2.75, 3.05) is 26.3 Å². The number of alkyl halides is 3. The lowest BCUT2D eigenvalue weighted by molar-refractivity contribution is -0.138. The zero-order chi connectivity index (χ0) is 13.2. The Morgan fingerprint density at radius 3 is 2.50 bits per heavy atom. The Bertz CT molecular complexity index is 416. The molecule has 0 aliphatic carbocycles. The molecule has 0 unspecified atom stereocenters. The van der Waals surface area contributed by atoms with Crippen molar-refractivity contribution in [3.8, 4) is 0 Å². The lowest BCUT2D eigenvalue weighted by atomic mass is 10.1. The van der Waals surface area contributed by atoms with E-state index in [0.717, 1.165) is 6.07 Å². The number of morpholine rings is 1. The molecule has 1 aliphatic rings. The van der Waals surface area contributed by atoms with Crippen LogP contribution < -0.4 is 0 Å². The van der Waals surface area contributed by atoms with Gasteiger partial charge in [0.15, 0.2) is 0 Å². The van der Waals surface area contributed by atoms with Crippen LogP contribution in [0.4, 0.5) is 13.2 Å². The van der Waals surface area contributed by atoms with Crippen molar-refractivity contribution in [2.24, 2.45) is 0 Å². The smallest absolute Gasteiger partial charge is 0.379 e. The van der Waals surface area contributed by atoms with Crippen LogP contribution in [0.3, 0.4) is 0 Å². The Morgan fingerprint density at radius 1 is 1.22 bits per heavy atom. The Balaban J connectivity index is 2.21.